The fourth-order valence-electron chi connectivity index (χ4n) is 2.13. The summed E-state index contributed by atoms with van der Waals surface area (Å²) in [6.07, 6.45) is 0. The Morgan fingerprint density at radius 2 is 1.86 bits per heavy atom. The van der Waals surface area contributed by atoms with Crippen LogP contribution in [0.1, 0.15) is 15.9 Å². The van der Waals surface area contributed by atoms with Crippen molar-refractivity contribution in [2.45, 2.75) is 6.54 Å². The van der Waals surface area contributed by atoms with Gasteiger partial charge >= 0.3 is 5.97 Å². The molecule has 0 heterocycles. The van der Waals surface area contributed by atoms with E-state index in [4.69, 9.17) is 4.74 Å². The Morgan fingerprint density at radius 3 is 2.50 bits per heavy atom. The van der Waals surface area contributed by atoms with Gasteiger partial charge in [-0.05, 0) is 29.8 Å². The standard InChI is InChI=1S/C17H21N3O2/c1-20(2)16-10-9-13(11-15(16)17(21)22-3)12-18-19-14-7-5-4-6-8-14/h4-11,18-19H,12H2,1-3H3. The predicted octanol–water partition coefficient (Wildman–Crippen LogP) is 2.66. The zero-order valence-corrected chi connectivity index (χ0v) is 13.1. The first kappa shape index (κ1) is 15.9. The summed E-state index contributed by atoms with van der Waals surface area (Å²) in [5, 5.41) is 0. The van der Waals surface area contributed by atoms with E-state index in [1.165, 1.54) is 7.11 Å². The summed E-state index contributed by atoms with van der Waals surface area (Å²) in [5.41, 5.74) is 9.63. The summed E-state index contributed by atoms with van der Waals surface area (Å²) in [7, 11) is 5.19. The highest BCUT2D eigenvalue weighted by Gasteiger charge is 2.14. The number of rotatable bonds is 6. The van der Waals surface area contributed by atoms with E-state index in [1.54, 1.807) is 0 Å². The van der Waals surface area contributed by atoms with Crippen molar-refractivity contribution in [3.05, 3.63) is 59.7 Å². The Labute approximate surface area is 130 Å². The molecule has 0 aliphatic carbocycles. The monoisotopic (exact) mass is 299 g/mol. The van der Waals surface area contributed by atoms with E-state index in [2.05, 4.69) is 10.9 Å². The molecule has 2 aromatic carbocycles. The van der Waals surface area contributed by atoms with E-state index in [0.29, 0.717) is 12.1 Å². The molecule has 0 saturated heterocycles. The molecule has 0 fully saturated rings. The first-order valence-electron chi connectivity index (χ1n) is 7.04. The van der Waals surface area contributed by atoms with Gasteiger partial charge in [0, 0.05) is 26.3 Å². The lowest BCUT2D eigenvalue weighted by Gasteiger charge is -2.17. The average Bonchev–Trinajstić information content (AvgIpc) is 2.54. The van der Waals surface area contributed by atoms with Gasteiger partial charge in [-0.3, -0.25) is 0 Å². The molecule has 0 spiro atoms. The molecule has 0 radical (unpaired) electrons. The van der Waals surface area contributed by atoms with Gasteiger partial charge in [0.2, 0.25) is 0 Å². The number of hydrazine groups is 1. The Kier molecular flexibility index (Phi) is 5.38. The van der Waals surface area contributed by atoms with E-state index in [0.717, 1.165) is 16.9 Å². The summed E-state index contributed by atoms with van der Waals surface area (Å²) in [5.74, 6) is -0.332. The van der Waals surface area contributed by atoms with Crippen LogP contribution in [-0.4, -0.2) is 27.2 Å². The first-order chi connectivity index (χ1) is 10.6. The maximum absolute atomic E-state index is 11.9. The summed E-state index contributed by atoms with van der Waals surface area (Å²) >= 11 is 0. The van der Waals surface area contributed by atoms with Gasteiger partial charge in [-0.2, -0.15) is 0 Å². The van der Waals surface area contributed by atoms with Crippen LogP contribution in [0.5, 0.6) is 0 Å². The molecule has 22 heavy (non-hydrogen) atoms. The summed E-state index contributed by atoms with van der Waals surface area (Å²) in [4.78, 5) is 13.8. The van der Waals surface area contributed by atoms with Gasteiger partial charge in [0.1, 0.15) is 0 Å². The zero-order chi connectivity index (χ0) is 15.9. The Bertz CT molecular complexity index is 627. The number of nitrogens with one attached hydrogen (secondary N) is 2. The third-order valence-corrected chi connectivity index (χ3v) is 3.25. The van der Waals surface area contributed by atoms with Gasteiger partial charge in [0.05, 0.1) is 18.4 Å². The lowest BCUT2D eigenvalue weighted by atomic mass is 10.1. The third-order valence-electron chi connectivity index (χ3n) is 3.25. The molecule has 0 aliphatic heterocycles. The number of para-hydroxylation sites is 1. The van der Waals surface area contributed by atoms with Crippen LogP contribution in [-0.2, 0) is 11.3 Å². The quantitative estimate of drug-likeness (QED) is 0.634. The topological polar surface area (TPSA) is 53.6 Å². The predicted molar refractivity (Wildman–Crippen MR) is 89.0 cm³/mol. The number of hydrogen-bond donors (Lipinski definition) is 2. The van der Waals surface area contributed by atoms with Crippen LogP contribution in [0.25, 0.3) is 0 Å². The minimum Gasteiger partial charge on any atom is -0.465 e. The summed E-state index contributed by atoms with van der Waals surface area (Å²) in [6.45, 7) is 0.590. The van der Waals surface area contributed by atoms with Gasteiger partial charge in [-0.1, -0.05) is 24.3 Å². The molecule has 116 valence electrons. The molecule has 2 rings (SSSR count). The van der Waals surface area contributed by atoms with Gasteiger partial charge in [-0.25, -0.2) is 10.2 Å². The molecule has 0 bridgehead atoms. The number of benzene rings is 2. The number of hydrogen-bond acceptors (Lipinski definition) is 5. The van der Waals surface area contributed by atoms with Crippen molar-refractivity contribution in [2.75, 3.05) is 31.5 Å². The number of anilines is 2. The van der Waals surface area contributed by atoms with Crippen LogP contribution in [0, 0.1) is 0 Å². The van der Waals surface area contributed by atoms with Crippen LogP contribution in [0.3, 0.4) is 0 Å². The largest absolute Gasteiger partial charge is 0.465 e. The molecule has 2 N–H and O–H groups in total. The van der Waals surface area contributed by atoms with E-state index in [9.17, 15) is 4.79 Å². The van der Waals surface area contributed by atoms with Gasteiger partial charge in [0.15, 0.2) is 0 Å². The molecule has 0 unspecified atom stereocenters. The second-order valence-corrected chi connectivity index (χ2v) is 5.08. The summed E-state index contributed by atoms with van der Waals surface area (Å²) in [6, 6.07) is 15.6. The second-order valence-electron chi connectivity index (χ2n) is 5.08. The van der Waals surface area contributed by atoms with Crippen molar-refractivity contribution in [1.82, 2.24) is 5.43 Å². The molecule has 5 heteroatoms. The Hall–Kier alpha value is -2.53. The van der Waals surface area contributed by atoms with Crippen LogP contribution < -0.4 is 15.8 Å². The number of methoxy groups -OCH3 is 1. The molecule has 0 amide bonds. The molecule has 0 atom stereocenters. The highest BCUT2D eigenvalue weighted by molar-refractivity contribution is 5.96. The maximum atomic E-state index is 11.9. The van der Waals surface area contributed by atoms with Gasteiger partial charge < -0.3 is 15.1 Å². The van der Waals surface area contributed by atoms with E-state index in [1.807, 2.05) is 67.5 Å². The number of esters is 1. The van der Waals surface area contributed by atoms with Crippen LogP contribution >= 0.6 is 0 Å². The SMILES string of the molecule is COC(=O)c1cc(CNNc2ccccc2)ccc1N(C)C. The second kappa shape index (κ2) is 7.47. The van der Waals surface area contributed by atoms with E-state index in [-0.39, 0.29) is 5.97 Å². The molecule has 0 saturated carbocycles. The Morgan fingerprint density at radius 1 is 1.14 bits per heavy atom. The van der Waals surface area contributed by atoms with Crippen molar-refractivity contribution in [3.63, 3.8) is 0 Å². The smallest absolute Gasteiger partial charge is 0.339 e. The van der Waals surface area contributed by atoms with Crippen LogP contribution in [0.2, 0.25) is 0 Å². The lowest BCUT2D eigenvalue weighted by molar-refractivity contribution is 0.0601. The molecule has 0 aromatic heterocycles. The average molecular weight is 299 g/mol. The third kappa shape index (κ3) is 3.99. The highest BCUT2D eigenvalue weighted by atomic mass is 16.5. The van der Waals surface area contributed by atoms with Crippen LogP contribution in [0.4, 0.5) is 11.4 Å². The summed E-state index contributed by atoms with van der Waals surface area (Å²) < 4.78 is 4.85. The van der Waals surface area contributed by atoms with Gasteiger partial charge in [-0.15, -0.1) is 0 Å². The number of carbonyl (C=O) groups excluding carboxylic acids is 1. The highest BCUT2D eigenvalue weighted by Crippen LogP contribution is 2.21. The minimum atomic E-state index is -0.332. The van der Waals surface area contributed by atoms with E-state index >= 15 is 0 Å². The lowest BCUT2D eigenvalue weighted by Crippen LogP contribution is -2.21. The van der Waals surface area contributed by atoms with Crippen molar-refractivity contribution in [1.29, 1.82) is 0 Å². The number of ether oxygens (including phenoxy) is 1. The molecule has 2 aromatic rings. The molecular weight excluding hydrogens is 278 g/mol. The first-order valence-corrected chi connectivity index (χ1v) is 7.04. The zero-order valence-electron chi connectivity index (χ0n) is 13.1. The van der Waals surface area contributed by atoms with Crippen molar-refractivity contribution < 1.29 is 9.53 Å². The number of nitrogens with zero attached hydrogens (tertiary/aromatic N) is 1. The number of carbonyl (C=O) groups is 1. The van der Waals surface area contributed by atoms with Crippen molar-refractivity contribution >= 4 is 17.3 Å². The maximum Gasteiger partial charge on any atom is 0.339 e. The van der Waals surface area contributed by atoms with Crippen molar-refractivity contribution in [3.8, 4) is 0 Å². The minimum absolute atomic E-state index is 0.332. The van der Waals surface area contributed by atoms with E-state index < -0.39 is 0 Å². The van der Waals surface area contributed by atoms with Crippen LogP contribution in [0.15, 0.2) is 48.5 Å². The molecule has 0 aliphatic rings. The van der Waals surface area contributed by atoms with Crippen molar-refractivity contribution in [2.24, 2.45) is 0 Å². The fourth-order valence-corrected chi connectivity index (χ4v) is 2.13. The molecule has 5 nitrogen and oxygen atoms in total. The Balaban J connectivity index is 2.07. The fraction of sp³-hybridized carbons (Fsp3) is 0.235. The van der Waals surface area contributed by atoms with Gasteiger partial charge in [0.25, 0.3) is 0 Å². The molecular formula is C17H21N3O2. The normalized spacial score (nSPS) is 10.1.